The minimum Gasteiger partial charge on any atom is -0.335 e. The summed E-state index contributed by atoms with van der Waals surface area (Å²) in [4.78, 5) is 14.8. The zero-order chi connectivity index (χ0) is 20.5. The van der Waals surface area contributed by atoms with Crippen LogP contribution in [0.1, 0.15) is 35.2 Å². The average Bonchev–Trinajstić information content (AvgIpc) is 2.63. The summed E-state index contributed by atoms with van der Waals surface area (Å²) in [5.74, 6) is -0.0696. The highest BCUT2D eigenvalue weighted by atomic mass is 35.5. The van der Waals surface area contributed by atoms with E-state index in [2.05, 4.69) is 10.4 Å². The van der Waals surface area contributed by atoms with E-state index >= 15 is 0 Å². The van der Waals surface area contributed by atoms with Crippen molar-refractivity contribution in [3.63, 3.8) is 0 Å². The summed E-state index contributed by atoms with van der Waals surface area (Å²) < 4.78 is 16.5. The number of hydrogen-bond acceptors (Lipinski definition) is 4. The SMILES string of the molecule is C[C@H]1c2cccc(N=S(C)(C)=O)c2CCN1C(=O)Cc1c(Cl)cccc1C#N. The standard InChI is InChI=1S/C21H22ClN3O2S/c1-14-16-7-5-9-20(24-28(2,3)27)17(16)10-11-25(14)21(26)12-18-15(13-23)6-4-8-19(18)22/h4-9,14H,10-12H2,1-3H3/t14-/m0/s1. The number of rotatable bonds is 3. The van der Waals surface area contributed by atoms with Crippen molar-refractivity contribution in [3.05, 3.63) is 63.7 Å². The summed E-state index contributed by atoms with van der Waals surface area (Å²) in [6.07, 6.45) is 3.97. The van der Waals surface area contributed by atoms with Crippen LogP contribution in [0.3, 0.4) is 0 Å². The predicted octanol–water partition coefficient (Wildman–Crippen LogP) is 4.26. The summed E-state index contributed by atoms with van der Waals surface area (Å²) >= 11 is 6.23. The van der Waals surface area contributed by atoms with Gasteiger partial charge >= 0.3 is 0 Å². The highest BCUT2D eigenvalue weighted by Crippen LogP contribution is 2.36. The molecule has 1 aliphatic heterocycles. The van der Waals surface area contributed by atoms with Crippen LogP contribution in [-0.4, -0.2) is 34.1 Å². The molecule has 1 atom stereocenters. The number of fused-ring (bicyclic) bond motifs is 1. The maximum atomic E-state index is 13.0. The molecule has 146 valence electrons. The van der Waals surface area contributed by atoms with Gasteiger partial charge in [-0.3, -0.25) is 4.79 Å². The number of amides is 1. The van der Waals surface area contributed by atoms with Crippen molar-refractivity contribution in [2.75, 3.05) is 19.1 Å². The normalized spacial score (nSPS) is 16.2. The first-order valence-corrected chi connectivity index (χ1v) is 11.7. The van der Waals surface area contributed by atoms with Gasteiger partial charge in [0.25, 0.3) is 0 Å². The molecule has 0 bridgehead atoms. The first kappa shape index (κ1) is 20.4. The van der Waals surface area contributed by atoms with Crippen LogP contribution in [0.15, 0.2) is 40.8 Å². The summed E-state index contributed by atoms with van der Waals surface area (Å²) in [6.45, 7) is 2.52. The van der Waals surface area contributed by atoms with E-state index in [0.29, 0.717) is 29.1 Å². The van der Waals surface area contributed by atoms with E-state index in [4.69, 9.17) is 11.6 Å². The largest absolute Gasteiger partial charge is 0.335 e. The fraction of sp³-hybridized carbons (Fsp3) is 0.333. The molecule has 0 fully saturated rings. The molecule has 0 spiro atoms. The fourth-order valence-electron chi connectivity index (χ4n) is 3.61. The maximum Gasteiger partial charge on any atom is 0.227 e. The molecule has 28 heavy (non-hydrogen) atoms. The van der Waals surface area contributed by atoms with Crippen LogP contribution in [0.4, 0.5) is 5.69 Å². The van der Waals surface area contributed by atoms with Gasteiger partial charge in [-0.2, -0.15) is 9.62 Å². The molecule has 1 aliphatic rings. The molecule has 0 radical (unpaired) electrons. The van der Waals surface area contributed by atoms with Crippen molar-refractivity contribution in [1.29, 1.82) is 5.26 Å². The van der Waals surface area contributed by atoms with E-state index < -0.39 is 9.73 Å². The molecular formula is C21H22ClN3O2S. The molecule has 1 heterocycles. The Labute approximate surface area is 171 Å². The topological polar surface area (TPSA) is 73.5 Å². The molecule has 5 nitrogen and oxygen atoms in total. The van der Waals surface area contributed by atoms with Crippen LogP contribution in [0.5, 0.6) is 0 Å². The van der Waals surface area contributed by atoms with Gasteiger partial charge in [-0.1, -0.05) is 29.8 Å². The van der Waals surface area contributed by atoms with Crippen LogP contribution >= 0.6 is 11.6 Å². The predicted molar refractivity (Wildman–Crippen MR) is 112 cm³/mol. The molecule has 2 aromatic rings. The second kappa shape index (κ2) is 7.94. The van der Waals surface area contributed by atoms with Gasteiger partial charge in [-0.25, -0.2) is 4.21 Å². The molecule has 7 heteroatoms. The minimum atomic E-state index is -2.26. The minimum absolute atomic E-state index is 0.0696. The van der Waals surface area contributed by atoms with Gasteiger partial charge in [0, 0.05) is 33.8 Å². The lowest BCUT2D eigenvalue weighted by atomic mass is 9.91. The molecular weight excluding hydrogens is 394 g/mol. The van der Waals surface area contributed by atoms with Crippen molar-refractivity contribution in [2.45, 2.75) is 25.8 Å². The number of halogens is 1. The third-order valence-electron chi connectivity index (χ3n) is 4.91. The average molecular weight is 416 g/mol. The van der Waals surface area contributed by atoms with Gasteiger partial charge in [0.05, 0.1) is 29.8 Å². The molecule has 0 N–H and O–H groups in total. The fourth-order valence-corrected chi connectivity index (χ4v) is 4.49. The van der Waals surface area contributed by atoms with Crippen LogP contribution < -0.4 is 0 Å². The molecule has 0 unspecified atom stereocenters. The smallest absolute Gasteiger partial charge is 0.227 e. The molecule has 2 aromatic carbocycles. The quantitative estimate of drug-likeness (QED) is 0.751. The summed E-state index contributed by atoms with van der Waals surface area (Å²) in [7, 11) is -2.26. The van der Waals surface area contributed by atoms with E-state index in [0.717, 1.165) is 16.8 Å². The maximum absolute atomic E-state index is 13.0. The highest BCUT2D eigenvalue weighted by Gasteiger charge is 2.29. The lowest BCUT2D eigenvalue weighted by Gasteiger charge is -2.36. The number of nitriles is 1. The first-order chi connectivity index (χ1) is 13.2. The van der Waals surface area contributed by atoms with Crippen LogP contribution in [0, 0.1) is 11.3 Å². The Bertz CT molecular complexity index is 1090. The summed E-state index contributed by atoms with van der Waals surface area (Å²) in [5.41, 5.74) is 3.79. The second-order valence-electron chi connectivity index (χ2n) is 7.19. The van der Waals surface area contributed by atoms with Crippen molar-refractivity contribution in [2.24, 2.45) is 4.36 Å². The van der Waals surface area contributed by atoms with Gasteiger partial charge in [0.2, 0.25) is 5.91 Å². The zero-order valence-electron chi connectivity index (χ0n) is 16.1. The van der Waals surface area contributed by atoms with Crippen molar-refractivity contribution in [3.8, 4) is 6.07 Å². The number of nitrogens with zero attached hydrogens (tertiary/aromatic N) is 3. The Morgan fingerprint density at radius 3 is 2.71 bits per heavy atom. The Morgan fingerprint density at radius 2 is 2.04 bits per heavy atom. The van der Waals surface area contributed by atoms with E-state index in [-0.39, 0.29) is 18.4 Å². The van der Waals surface area contributed by atoms with Gasteiger partial charge in [-0.05, 0) is 48.2 Å². The van der Waals surface area contributed by atoms with Gasteiger partial charge in [0.15, 0.2) is 0 Å². The Kier molecular flexibility index (Phi) is 5.78. The Hall–Kier alpha value is -2.36. The van der Waals surface area contributed by atoms with Crippen LogP contribution in [-0.2, 0) is 27.4 Å². The van der Waals surface area contributed by atoms with Crippen LogP contribution in [0.2, 0.25) is 5.02 Å². The third-order valence-corrected chi connectivity index (χ3v) is 5.90. The van der Waals surface area contributed by atoms with Gasteiger partial charge in [0.1, 0.15) is 0 Å². The van der Waals surface area contributed by atoms with Gasteiger partial charge < -0.3 is 4.90 Å². The van der Waals surface area contributed by atoms with E-state index in [9.17, 15) is 14.3 Å². The van der Waals surface area contributed by atoms with Crippen molar-refractivity contribution >= 4 is 32.9 Å². The van der Waals surface area contributed by atoms with E-state index in [1.165, 1.54) is 0 Å². The second-order valence-corrected chi connectivity index (χ2v) is 10.1. The molecule has 1 amide bonds. The van der Waals surface area contributed by atoms with Gasteiger partial charge in [-0.15, -0.1) is 0 Å². The number of hydrogen-bond donors (Lipinski definition) is 0. The van der Waals surface area contributed by atoms with Crippen LogP contribution in [0.25, 0.3) is 0 Å². The number of carbonyl (C=O) groups is 1. The zero-order valence-corrected chi connectivity index (χ0v) is 17.7. The van der Waals surface area contributed by atoms with Crippen molar-refractivity contribution < 1.29 is 9.00 Å². The molecule has 0 saturated heterocycles. The Balaban J connectivity index is 1.91. The lowest BCUT2D eigenvalue weighted by Crippen LogP contribution is -2.39. The Morgan fingerprint density at radius 1 is 1.32 bits per heavy atom. The molecule has 0 saturated carbocycles. The first-order valence-electron chi connectivity index (χ1n) is 8.97. The molecule has 3 rings (SSSR count). The van der Waals surface area contributed by atoms with E-state index in [1.54, 1.807) is 30.7 Å². The summed E-state index contributed by atoms with van der Waals surface area (Å²) in [5, 5.41) is 9.73. The third kappa shape index (κ3) is 4.21. The monoisotopic (exact) mass is 415 g/mol. The van der Waals surface area contributed by atoms with E-state index in [1.807, 2.05) is 30.0 Å². The molecule has 0 aromatic heterocycles. The number of carbonyl (C=O) groups excluding carboxylic acids is 1. The summed E-state index contributed by atoms with van der Waals surface area (Å²) in [6, 6.07) is 12.8. The van der Waals surface area contributed by atoms with Crippen molar-refractivity contribution in [1.82, 2.24) is 4.90 Å². The highest BCUT2D eigenvalue weighted by molar-refractivity contribution is 7.92. The lowest BCUT2D eigenvalue weighted by molar-refractivity contribution is -0.133. The number of benzene rings is 2. The molecule has 0 aliphatic carbocycles.